The number of hydrogen-bond acceptors (Lipinski definition) is 4. The van der Waals surface area contributed by atoms with Crippen LogP contribution in [0.4, 0.5) is 0 Å². The van der Waals surface area contributed by atoms with Crippen molar-refractivity contribution in [1.29, 1.82) is 0 Å². The highest BCUT2D eigenvalue weighted by Gasteiger charge is 2.60. The molecule has 146 valence electrons. The molecule has 4 saturated carbocycles. The third-order valence-corrected chi connectivity index (χ3v) is 7.25. The molecule has 26 heavy (non-hydrogen) atoms. The van der Waals surface area contributed by atoms with Gasteiger partial charge in [0.25, 0.3) is 0 Å². The molecule has 5 fully saturated rings. The first-order valence-corrected chi connectivity index (χ1v) is 10.5. The monoisotopic (exact) mass is 362 g/mol. The maximum atomic E-state index is 12.2. The first kappa shape index (κ1) is 18.5. The summed E-state index contributed by atoms with van der Waals surface area (Å²) >= 11 is 0. The average Bonchev–Trinajstić information content (AvgIpc) is 2.50. The Kier molecular flexibility index (Phi) is 4.71. The molecule has 4 bridgehead atoms. The lowest BCUT2D eigenvalue weighted by atomic mass is 9.52. The zero-order valence-electron chi connectivity index (χ0n) is 16.5. The molecular weight excluding hydrogens is 328 g/mol. The highest BCUT2D eigenvalue weighted by atomic mass is 16.6. The molecule has 5 rings (SSSR count). The van der Waals surface area contributed by atoms with Crippen molar-refractivity contribution in [1.82, 2.24) is 0 Å². The van der Waals surface area contributed by atoms with Crippen molar-refractivity contribution >= 4 is 5.97 Å². The minimum Gasteiger partial charge on any atom is -0.456 e. The Morgan fingerprint density at radius 2 is 1.77 bits per heavy atom. The van der Waals surface area contributed by atoms with Crippen molar-refractivity contribution in [3.8, 4) is 0 Å². The van der Waals surface area contributed by atoms with Crippen LogP contribution in [0.1, 0.15) is 71.6 Å². The van der Waals surface area contributed by atoms with Crippen LogP contribution in [0.3, 0.4) is 0 Å². The normalized spacial score (nSPS) is 39.5. The van der Waals surface area contributed by atoms with Crippen LogP contribution in [0.25, 0.3) is 0 Å². The van der Waals surface area contributed by atoms with Crippen LogP contribution in [-0.2, 0) is 19.0 Å². The number of hydrogen-bond donors (Lipinski definition) is 0. The first-order chi connectivity index (χ1) is 12.4. The van der Waals surface area contributed by atoms with E-state index in [9.17, 15) is 4.79 Å². The van der Waals surface area contributed by atoms with Crippen LogP contribution in [-0.4, -0.2) is 37.0 Å². The lowest BCUT2D eigenvalue weighted by Gasteiger charge is -2.60. The summed E-state index contributed by atoms with van der Waals surface area (Å²) in [6.07, 6.45) is 10.0. The smallest absolute Gasteiger partial charge is 0.333 e. The summed E-state index contributed by atoms with van der Waals surface area (Å²) in [4.78, 5) is 12.2. The highest BCUT2D eigenvalue weighted by Crippen LogP contribution is 2.60. The van der Waals surface area contributed by atoms with E-state index in [4.69, 9.17) is 14.2 Å². The third kappa shape index (κ3) is 3.35. The fourth-order valence-electron chi connectivity index (χ4n) is 6.49. The molecule has 0 radical (unpaired) electrons. The molecule has 0 aromatic rings. The Hall–Kier alpha value is -0.870. The first-order valence-electron chi connectivity index (χ1n) is 10.5. The van der Waals surface area contributed by atoms with Gasteiger partial charge in [0.05, 0.1) is 18.8 Å². The molecule has 1 saturated heterocycles. The van der Waals surface area contributed by atoms with Gasteiger partial charge in [-0.05, 0) is 63.7 Å². The molecule has 4 heteroatoms. The van der Waals surface area contributed by atoms with Crippen molar-refractivity contribution in [3.05, 3.63) is 12.2 Å². The van der Waals surface area contributed by atoms with Gasteiger partial charge in [0.15, 0.2) is 0 Å². The molecule has 1 aliphatic heterocycles. The minimum absolute atomic E-state index is 0.0720. The minimum atomic E-state index is -0.305. The molecule has 4 nitrogen and oxygen atoms in total. The molecule has 4 aliphatic carbocycles. The molecule has 0 spiro atoms. The van der Waals surface area contributed by atoms with Crippen LogP contribution < -0.4 is 0 Å². The second kappa shape index (κ2) is 6.63. The maximum absolute atomic E-state index is 12.2. The zero-order valence-corrected chi connectivity index (χ0v) is 16.5. The van der Waals surface area contributed by atoms with E-state index < -0.39 is 0 Å². The predicted molar refractivity (Wildman–Crippen MR) is 99.8 cm³/mol. The maximum Gasteiger partial charge on any atom is 0.333 e. The van der Waals surface area contributed by atoms with Crippen molar-refractivity contribution in [2.24, 2.45) is 17.3 Å². The van der Waals surface area contributed by atoms with E-state index in [-0.39, 0.29) is 17.2 Å². The molecule has 0 aromatic carbocycles. The Morgan fingerprint density at radius 3 is 2.31 bits per heavy atom. The van der Waals surface area contributed by atoms with Crippen LogP contribution in [0.5, 0.6) is 0 Å². The van der Waals surface area contributed by atoms with Gasteiger partial charge in [-0.1, -0.05) is 19.9 Å². The van der Waals surface area contributed by atoms with Crippen LogP contribution in [0.2, 0.25) is 0 Å². The third-order valence-electron chi connectivity index (χ3n) is 7.25. The molecule has 2 unspecified atom stereocenters. The van der Waals surface area contributed by atoms with Crippen LogP contribution in [0, 0.1) is 17.3 Å². The van der Waals surface area contributed by atoms with E-state index in [0.717, 1.165) is 58.3 Å². The standard InChI is InChI=1S/C22H34O4/c1-4-5-20(14-24-15-20)6-7-25-21-9-17-8-18(10-21)12-22(11-17,13-21)26-19(23)16(2)3/h17-18H,2,4-15H2,1,3H3. The van der Waals surface area contributed by atoms with E-state index in [0.29, 0.717) is 22.8 Å². The van der Waals surface area contributed by atoms with Gasteiger partial charge in [-0.2, -0.15) is 0 Å². The fourth-order valence-corrected chi connectivity index (χ4v) is 6.49. The van der Waals surface area contributed by atoms with Crippen molar-refractivity contribution < 1.29 is 19.0 Å². The SMILES string of the molecule is C=C(C)C(=O)OC12CC3CC(CC(OCCC4(CCC)COC4)(C3)C1)C2. The number of carbonyl (C=O) groups excluding carboxylic acids is 1. The quantitative estimate of drug-likeness (QED) is 0.474. The Bertz CT molecular complexity index is 563. The molecule has 0 N–H and O–H groups in total. The van der Waals surface area contributed by atoms with Crippen molar-refractivity contribution in [2.75, 3.05) is 19.8 Å². The van der Waals surface area contributed by atoms with Gasteiger partial charge in [0.2, 0.25) is 0 Å². The summed E-state index contributed by atoms with van der Waals surface area (Å²) in [7, 11) is 0. The Labute approximate surface area is 157 Å². The summed E-state index contributed by atoms with van der Waals surface area (Å²) in [6.45, 7) is 10.3. The zero-order chi connectivity index (χ0) is 18.4. The molecule has 0 aromatic heterocycles. The Balaban J connectivity index is 1.41. The van der Waals surface area contributed by atoms with Gasteiger partial charge in [-0.25, -0.2) is 4.79 Å². The van der Waals surface area contributed by atoms with Crippen molar-refractivity contribution in [2.45, 2.75) is 82.8 Å². The lowest BCUT2D eigenvalue weighted by molar-refractivity contribution is -0.236. The van der Waals surface area contributed by atoms with Crippen LogP contribution >= 0.6 is 0 Å². The second-order valence-electron chi connectivity index (χ2n) is 9.84. The van der Waals surface area contributed by atoms with E-state index in [1.165, 1.54) is 19.3 Å². The topological polar surface area (TPSA) is 44.8 Å². The number of esters is 1. The highest BCUT2D eigenvalue weighted by molar-refractivity contribution is 5.87. The predicted octanol–water partition coefficient (Wildman–Crippen LogP) is 4.42. The van der Waals surface area contributed by atoms with Gasteiger partial charge in [-0.15, -0.1) is 0 Å². The average molecular weight is 363 g/mol. The fraction of sp³-hybridized carbons (Fsp3) is 0.864. The summed E-state index contributed by atoms with van der Waals surface area (Å²) in [6, 6.07) is 0. The lowest BCUT2D eigenvalue weighted by Crippen LogP contribution is -2.61. The summed E-state index contributed by atoms with van der Waals surface area (Å²) < 4.78 is 18.1. The molecule has 1 heterocycles. The number of rotatable bonds is 8. The molecular formula is C22H34O4. The summed E-state index contributed by atoms with van der Waals surface area (Å²) in [5.74, 6) is 1.06. The number of ether oxygens (including phenoxy) is 3. The number of carbonyl (C=O) groups is 1. The molecule has 5 aliphatic rings. The summed E-state index contributed by atoms with van der Waals surface area (Å²) in [5.41, 5.74) is 0.474. The van der Waals surface area contributed by atoms with E-state index >= 15 is 0 Å². The van der Waals surface area contributed by atoms with Crippen molar-refractivity contribution in [3.63, 3.8) is 0 Å². The Morgan fingerprint density at radius 1 is 1.12 bits per heavy atom. The van der Waals surface area contributed by atoms with Gasteiger partial charge >= 0.3 is 5.97 Å². The van der Waals surface area contributed by atoms with Crippen LogP contribution in [0.15, 0.2) is 12.2 Å². The van der Waals surface area contributed by atoms with E-state index in [1.807, 2.05) is 0 Å². The summed E-state index contributed by atoms with van der Waals surface area (Å²) in [5, 5.41) is 0. The second-order valence-corrected chi connectivity index (χ2v) is 9.84. The molecule has 0 amide bonds. The van der Waals surface area contributed by atoms with E-state index in [1.54, 1.807) is 6.92 Å². The van der Waals surface area contributed by atoms with Gasteiger partial charge in [0.1, 0.15) is 5.60 Å². The molecule has 2 atom stereocenters. The van der Waals surface area contributed by atoms with E-state index in [2.05, 4.69) is 13.5 Å². The van der Waals surface area contributed by atoms with Gasteiger partial charge < -0.3 is 14.2 Å². The van der Waals surface area contributed by atoms with Gasteiger partial charge in [0, 0.05) is 24.0 Å². The largest absolute Gasteiger partial charge is 0.456 e. The van der Waals surface area contributed by atoms with Gasteiger partial charge in [-0.3, -0.25) is 0 Å².